The summed E-state index contributed by atoms with van der Waals surface area (Å²) in [7, 11) is 0.529. The highest BCUT2D eigenvalue weighted by Gasteiger charge is 2.50. The number of rotatable bonds is 5. The van der Waals surface area contributed by atoms with Crippen LogP contribution >= 0.6 is 23.4 Å². The molecule has 0 radical (unpaired) electrons. The Kier molecular flexibility index (Phi) is 7.31. The lowest BCUT2D eigenvalue weighted by Gasteiger charge is -2.43. The lowest BCUT2D eigenvalue weighted by atomic mass is 9.73. The van der Waals surface area contributed by atoms with Crippen LogP contribution in [0.2, 0.25) is 5.02 Å². The predicted molar refractivity (Wildman–Crippen MR) is 152 cm³/mol. The van der Waals surface area contributed by atoms with Crippen molar-refractivity contribution in [3.63, 3.8) is 0 Å². The zero-order valence-corrected chi connectivity index (χ0v) is 24.6. The number of hydrogen-bond donors (Lipinski definition) is 2. The fourth-order valence-corrected chi connectivity index (χ4v) is 7.47. The summed E-state index contributed by atoms with van der Waals surface area (Å²) >= 11 is 7.79. The van der Waals surface area contributed by atoms with Crippen molar-refractivity contribution in [2.75, 3.05) is 30.3 Å². The van der Waals surface area contributed by atoms with Crippen LogP contribution in [0, 0.1) is 5.41 Å². The van der Waals surface area contributed by atoms with Crippen LogP contribution in [0.4, 0.5) is 11.8 Å². The maximum atomic E-state index is 13.4. The number of nitrogen functional groups attached to an aromatic ring is 1. The van der Waals surface area contributed by atoms with Gasteiger partial charge in [0.2, 0.25) is 5.95 Å². The van der Waals surface area contributed by atoms with Crippen molar-refractivity contribution in [1.82, 2.24) is 23.9 Å². The predicted octanol–water partition coefficient (Wildman–Crippen LogP) is 3.24. The molecule has 0 aliphatic carbocycles. The lowest BCUT2D eigenvalue weighted by Crippen LogP contribution is -2.55. The van der Waals surface area contributed by atoms with E-state index in [0.717, 1.165) is 18.4 Å². The Balaban J connectivity index is 1.35. The highest BCUT2D eigenvalue weighted by Crippen LogP contribution is 2.43. The van der Waals surface area contributed by atoms with E-state index in [1.54, 1.807) is 28.5 Å². The SMILES string of the molecule is C[C@@H]1OCC2(CCN(c3nc(N)c(Sc4ccn5nccc5c4Cl)c(=O)n3C)CC2)[C@@H]1N[S@](=O)C(C)(C)C. The summed E-state index contributed by atoms with van der Waals surface area (Å²) in [6.45, 7) is 9.93. The van der Waals surface area contributed by atoms with E-state index in [1.165, 1.54) is 11.8 Å². The zero-order valence-electron chi connectivity index (χ0n) is 22.2. The largest absolute Gasteiger partial charge is 0.382 e. The second-order valence-corrected chi connectivity index (χ2v) is 14.5. The first-order chi connectivity index (χ1) is 17.9. The van der Waals surface area contributed by atoms with Crippen molar-refractivity contribution in [1.29, 1.82) is 0 Å². The fraction of sp³-hybridized carbons (Fsp3) is 0.560. The van der Waals surface area contributed by atoms with Crippen molar-refractivity contribution in [3.05, 3.63) is 39.9 Å². The Morgan fingerprint density at radius 3 is 2.68 bits per heavy atom. The van der Waals surface area contributed by atoms with Crippen LogP contribution in [0.1, 0.15) is 40.5 Å². The van der Waals surface area contributed by atoms with E-state index in [9.17, 15) is 9.00 Å². The van der Waals surface area contributed by atoms with Crippen LogP contribution in [-0.4, -0.2) is 60.0 Å². The van der Waals surface area contributed by atoms with Gasteiger partial charge >= 0.3 is 0 Å². The molecule has 0 saturated carbocycles. The number of piperidine rings is 1. The molecule has 10 nitrogen and oxygen atoms in total. The number of hydrogen-bond acceptors (Lipinski definition) is 8. The van der Waals surface area contributed by atoms with Gasteiger partial charge in [0.25, 0.3) is 5.56 Å². The summed E-state index contributed by atoms with van der Waals surface area (Å²) in [5.74, 6) is 0.717. The van der Waals surface area contributed by atoms with Crippen molar-refractivity contribution in [3.8, 4) is 0 Å². The van der Waals surface area contributed by atoms with Gasteiger partial charge in [0.15, 0.2) is 0 Å². The standard InChI is InChI=1S/C25H34ClN7O3S2/c1-15-20(30-38(35)24(2,3)4)25(14-36-15)8-12-32(13-9-25)23-29-21(27)19(22(34)31(23)5)37-17-7-11-33-16(18(17)26)6-10-28-33/h6-7,10-11,15,20,30H,8-9,12-14,27H2,1-5H3/t15-,20+,38+/m0/s1. The van der Waals surface area contributed by atoms with E-state index >= 15 is 0 Å². The average molecular weight is 580 g/mol. The van der Waals surface area contributed by atoms with Gasteiger partial charge in [0, 0.05) is 36.6 Å². The van der Waals surface area contributed by atoms with E-state index < -0.39 is 11.0 Å². The van der Waals surface area contributed by atoms with Crippen molar-refractivity contribution in [2.24, 2.45) is 12.5 Å². The van der Waals surface area contributed by atoms with Crippen LogP contribution in [-0.2, 0) is 22.8 Å². The van der Waals surface area contributed by atoms with Gasteiger partial charge in [0.1, 0.15) is 10.7 Å². The van der Waals surface area contributed by atoms with Gasteiger partial charge in [-0.1, -0.05) is 23.4 Å². The average Bonchev–Trinajstić information content (AvgIpc) is 3.47. The molecular formula is C25H34ClN7O3S2. The number of pyridine rings is 1. The Hall–Kier alpha value is -2.12. The molecule has 0 aromatic carbocycles. The summed E-state index contributed by atoms with van der Waals surface area (Å²) in [6, 6.07) is 3.62. The molecule has 206 valence electrons. The monoisotopic (exact) mass is 579 g/mol. The third kappa shape index (κ3) is 4.85. The molecule has 5 heterocycles. The number of nitrogens with one attached hydrogen (secondary N) is 1. The Morgan fingerprint density at radius 1 is 1.29 bits per heavy atom. The molecule has 13 heteroatoms. The van der Waals surface area contributed by atoms with Crippen LogP contribution < -0.4 is 20.9 Å². The number of anilines is 2. The molecule has 3 aromatic heterocycles. The minimum absolute atomic E-state index is 0.0109. The van der Waals surface area contributed by atoms with Gasteiger partial charge in [-0.3, -0.25) is 9.36 Å². The molecule has 2 aliphatic heterocycles. The third-order valence-electron chi connectivity index (χ3n) is 7.54. The molecule has 3 N–H and O–H groups in total. The second kappa shape index (κ2) is 10.1. The Labute approximate surface area is 233 Å². The van der Waals surface area contributed by atoms with Gasteiger partial charge in [0.05, 0.1) is 51.2 Å². The summed E-state index contributed by atoms with van der Waals surface area (Å²) in [6.07, 6.45) is 5.08. The molecule has 2 fully saturated rings. The zero-order chi connectivity index (χ0) is 27.4. The molecule has 0 unspecified atom stereocenters. The summed E-state index contributed by atoms with van der Waals surface area (Å²) in [5.41, 5.74) is 6.75. The van der Waals surface area contributed by atoms with Gasteiger partial charge in [-0.25, -0.2) is 13.4 Å². The molecule has 3 atom stereocenters. The van der Waals surface area contributed by atoms with E-state index in [1.807, 2.05) is 39.8 Å². The number of nitrogens with two attached hydrogens (primary N) is 1. The van der Waals surface area contributed by atoms with Crippen LogP contribution in [0.3, 0.4) is 0 Å². The molecular weight excluding hydrogens is 546 g/mol. The quantitative estimate of drug-likeness (QED) is 0.473. The number of nitrogens with zero attached hydrogens (tertiary/aromatic N) is 5. The number of aromatic nitrogens is 4. The van der Waals surface area contributed by atoms with Gasteiger partial charge in [-0.15, -0.1) is 0 Å². The molecule has 5 rings (SSSR count). The number of ether oxygens (including phenoxy) is 1. The maximum absolute atomic E-state index is 13.4. The molecule has 2 saturated heterocycles. The Morgan fingerprint density at radius 2 is 2.00 bits per heavy atom. The summed E-state index contributed by atoms with van der Waals surface area (Å²) in [4.78, 5) is 21.2. The third-order valence-corrected chi connectivity index (χ3v) is 10.8. The van der Waals surface area contributed by atoms with Gasteiger partial charge in [-0.05, 0) is 52.7 Å². The molecule has 3 aromatic rings. The van der Waals surface area contributed by atoms with Crippen LogP contribution in [0.15, 0.2) is 39.1 Å². The van der Waals surface area contributed by atoms with E-state index in [4.69, 9.17) is 22.1 Å². The first kappa shape index (κ1) is 27.4. The molecule has 0 amide bonds. The van der Waals surface area contributed by atoms with E-state index in [0.29, 0.717) is 40.5 Å². The highest BCUT2D eigenvalue weighted by molar-refractivity contribution is 7.99. The van der Waals surface area contributed by atoms with E-state index in [2.05, 4.69) is 19.7 Å². The summed E-state index contributed by atoms with van der Waals surface area (Å²) in [5, 5.41) is 4.69. The topological polar surface area (TPSA) is 120 Å². The van der Waals surface area contributed by atoms with Crippen LogP contribution in [0.25, 0.3) is 5.52 Å². The number of halogens is 1. The molecule has 2 aliphatic rings. The smallest absolute Gasteiger partial charge is 0.270 e. The van der Waals surface area contributed by atoms with Gasteiger partial charge in [-0.2, -0.15) is 10.1 Å². The van der Waals surface area contributed by atoms with Gasteiger partial charge < -0.3 is 15.4 Å². The molecule has 0 bridgehead atoms. The minimum atomic E-state index is -1.19. The fourth-order valence-electron chi connectivity index (χ4n) is 5.20. The molecule has 38 heavy (non-hydrogen) atoms. The normalized spacial score (nSPS) is 22.4. The van der Waals surface area contributed by atoms with Crippen molar-refractivity contribution < 1.29 is 8.95 Å². The number of fused-ring (bicyclic) bond motifs is 1. The molecule has 1 spiro atoms. The minimum Gasteiger partial charge on any atom is -0.382 e. The first-order valence-corrected chi connectivity index (χ1v) is 15.0. The highest BCUT2D eigenvalue weighted by atomic mass is 35.5. The van der Waals surface area contributed by atoms with E-state index in [-0.39, 0.29) is 33.7 Å². The first-order valence-electron chi connectivity index (χ1n) is 12.6. The second-order valence-electron chi connectivity index (χ2n) is 11.1. The lowest BCUT2D eigenvalue weighted by molar-refractivity contribution is 0.0972. The maximum Gasteiger partial charge on any atom is 0.270 e. The van der Waals surface area contributed by atoms with Crippen molar-refractivity contribution >= 4 is 51.6 Å². The van der Waals surface area contributed by atoms with Crippen molar-refractivity contribution in [2.45, 2.75) is 67.2 Å². The van der Waals surface area contributed by atoms with Crippen LogP contribution in [0.5, 0.6) is 0 Å². The Bertz CT molecular complexity index is 1440. The summed E-state index contributed by atoms with van der Waals surface area (Å²) < 4.78 is 25.2.